The predicted octanol–water partition coefficient (Wildman–Crippen LogP) is 1.37. The first kappa shape index (κ1) is 13.4. The molecule has 92 valence electrons. The lowest BCUT2D eigenvalue weighted by Crippen LogP contribution is -2.25. The lowest BCUT2D eigenvalue weighted by molar-refractivity contribution is -0.116. The normalized spacial score (nSPS) is 12.6. The van der Waals surface area contributed by atoms with Crippen LogP contribution >= 0.6 is 0 Å². The Morgan fingerprint density at radius 3 is 3.12 bits per heavy atom. The molecule has 1 amide bonds. The van der Waals surface area contributed by atoms with Gasteiger partial charge in [-0.3, -0.25) is 9.78 Å². The summed E-state index contributed by atoms with van der Waals surface area (Å²) in [7, 11) is 0. The Balaban J connectivity index is 2.28. The Morgan fingerprint density at radius 2 is 2.47 bits per heavy atom. The van der Waals surface area contributed by atoms with Crippen LogP contribution in [-0.4, -0.2) is 28.6 Å². The van der Waals surface area contributed by atoms with Gasteiger partial charge in [-0.05, 0) is 30.5 Å². The third kappa shape index (κ3) is 5.82. The van der Waals surface area contributed by atoms with Crippen molar-refractivity contribution in [3.63, 3.8) is 0 Å². The standard InChI is InChI=1S/C13H18N2O2/c1-2-12(16)7-9-15-13(17)6-5-11-4-3-8-14-10-11/h3-6,8,10,12,16H,2,7,9H2,1H3,(H,15,17)/b6-5+. The zero-order chi connectivity index (χ0) is 12.5. The lowest BCUT2D eigenvalue weighted by Gasteiger charge is -2.06. The van der Waals surface area contributed by atoms with Crippen LogP contribution in [0.4, 0.5) is 0 Å². The molecule has 0 radical (unpaired) electrons. The van der Waals surface area contributed by atoms with Crippen LogP contribution in [0.2, 0.25) is 0 Å². The van der Waals surface area contributed by atoms with E-state index in [1.54, 1.807) is 18.5 Å². The maximum atomic E-state index is 11.4. The Labute approximate surface area is 101 Å². The minimum Gasteiger partial charge on any atom is -0.393 e. The van der Waals surface area contributed by atoms with E-state index in [-0.39, 0.29) is 12.0 Å². The quantitative estimate of drug-likeness (QED) is 0.731. The molecule has 1 atom stereocenters. The van der Waals surface area contributed by atoms with Crippen LogP contribution in [0.15, 0.2) is 30.6 Å². The molecule has 1 unspecified atom stereocenters. The number of nitrogens with zero attached hydrogens (tertiary/aromatic N) is 1. The summed E-state index contributed by atoms with van der Waals surface area (Å²) >= 11 is 0. The summed E-state index contributed by atoms with van der Waals surface area (Å²) in [6, 6.07) is 3.69. The molecule has 1 heterocycles. The van der Waals surface area contributed by atoms with Crippen LogP contribution in [0.25, 0.3) is 6.08 Å². The molecule has 4 heteroatoms. The number of carbonyl (C=O) groups excluding carboxylic acids is 1. The van der Waals surface area contributed by atoms with Gasteiger partial charge in [0.05, 0.1) is 6.10 Å². The topological polar surface area (TPSA) is 62.2 Å². The number of rotatable bonds is 6. The highest BCUT2D eigenvalue weighted by Gasteiger charge is 2.00. The van der Waals surface area contributed by atoms with Gasteiger partial charge in [0.2, 0.25) is 5.91 Å². The van der Waals surface area contributed by atoms with E-state index in [1.165, 1.54) is 6.08 Å². The average molecular weight is 234 g/mol. The highest BCUT2D eigenvalue weighted by Crippen LogP contribution is 1.98. The van der Waals surface area contributed by atoms with Crippen molar-refractivity contribution in [3.05, 3.63) is 36.2 Å². The van der Waals surface area contributed by atoms with Crippen molar-refractivity contribution in [3.8, 4) is 0 Å². The first-order valence-electron chi connectivity index (χ1n) is 5.76. The number of hydrogen-bond donors (Lipinski definition) is 2. The molecule has 1 aromatic heterocycles. The summed E-state index contributed by atoms with van der Waals surface area (Å²) in [5.74, 6) is -0.155. The van der Waals surface area contributed by atoms with Crippen molar-refractivity contribution < 1.29 is 9.90 Å². The summed E-state index contributed by atoms with van der Waals surface area (Å²) in [4.78, 5) is 15.3. The molecule has 0 aromatic carbocycles. The summed E-state index contributed by atoms with van der Waals surface area (Å²) in [5, 5.41) is 12.0. The maximum Gasteiger partial charge on any atom is 0.244 e. The van der Waals surface area contributed by atoms with Crippen LogP contribution < -0.4 is 5.32 Å². The van der Waals surface area contributed by atoms with E-state index in [9.17, 15) is 9.90 Å². The second-order valence-electron chi connectivity index (χ2n) is 3.76. The molecule has 1 rings (SSSR count). The molecule has 17 heavy (non-hydrogen) atoms. The molecule has 1 aromatic rings. The van der Waals surface area contributed by atoms with E-state index in [0.717, 1.165) is 5.56 Å². The van der Waals surface area contributed by atoms with Crippen LogP contribution in [0.5, 0.6) is 0 Å². The van der Waals surface area contributed by atoms with Crippen LogP contribution in [-0.2, 0) is 4.79 Å². The van der Waals surface area contributed by atoms with E-state index in [2.05, 4.69) is 10.3 Å². The summed E-state index contributed by atoms with van der Waals surface area (Å²) in [6.45, 7) is 2.40. The monoisotopic (exact) mass is 234 g/mol. The van der Waals surface area contributed by atoms with E-state index >= 15 is 0 Å². The molecule has 2 N–H and O–H groups in total. The summed E-state index contributed by atoms with van der Waals surface area (Å²) in [6.07, 6.45) is 7.50. The Morgan fingerprint density at radius 1 is 1.65 bits per heavy atom. The van der Waals surface area contributed by atoms with Crippen LogP contribution in [0.3, 0.4) is 0 Å². The largest absolute Gasteiger partial charge is 0.393 e. The van der Waals surface area contributed by atoms with Crippen molar-refractivity contribution in [1.82, 2.24) is 10.3 Å². The third-order valence-corrected chi connectivity index (χ3v) is 2.36. The summed E-state index contributed by atoms with van der Waals surface area (Å²) < 4.78 is 0. The third-order valence-electron chi connectivity index (χ3n) is 2.36. The predicted molar refractivity (Wildman–Crippen MR) is 67.2 cm³/mol. The lowest BCUT2D eigenvalue weighted by atomic mass is 10.2. The maximum absolute atomic E-state index is 11.4. The molecular weight excluding hydrogens is 216 g/mol. The second kappa shape index (κ2) is 7.57. The average Bonchev–Trinajstić information content (AvgIpc) is 2.37. The number of nitrogens with one attached hydrogen (secondary N) is 1. The molecule has 0 saturated carbocycles. The number of aliphatic hydroxyl groups is 1. The van der Waals surface area contributed by atoms with Crippen molar-refractivity contribution in [2.45, 2.75) is 25.9 Å². The van der Waals surface area contributed by atoms with E-state index in [1.807, 2.05) is 19.1 Å². The number of hydrogen-bond acceptors (Lipinski definition) is 3. The minimum absolute atomic E-state index is 0.155. The highest BCUT2D eigenvalue weighted by molar-refractivity contribution is 5.91. The highest BCUT2D eigenvalue weighted by atomic mass is 16.3. The molecular formula is C13H18N2O2. The van der Waals surface area contributed by atoms with Gasteiger partial charge in [0.1, 0.15) is 0 Å². The van der Waals surface area contributed by atoms with Crippen molar-refractivity contribution in [2.75, 3.05) is 6.54 Å². The van der Waals surface area contributed by atoms with Gasteiger partial charge < -0.3 is 10.4 Å². The van der Waals surface area contributed by atoms with Crippen LogP contribution in [0.1, 0.15) is 25.3 Å². The van der Waals surface area contributed by atoms with Crippen molar-refractivity contribution in [2.24, 2.45) is 0 Å². The fourth-order valence-corrected chi connectivity index (χ4v) is 1.27. The molecule has 0 bridgehead atoms. The molecule has 4 nitrogen and oxygen atoms in total. The van der Waals surface area contributed by atoms with Gasteiger partial charge >= 0.3 is 0 Å². The molecule has 0 aliphatic carbocycles. The number of aromatic nitrogens is 1. The SMILES string of the molecule is CCC(O)CCNC(=O)/C=C/c1cccnc1. The zero-order valence-corrected chi connectivity index (χ0v) is 9.97. The Hall–Kier alpha value is -1.68. The van der Waals surface area contributed by atoms with Gasteiger partial charge in [-0.25, -0.2) is 0 Å². The smallest absolute Gasteiger partial charge is 0.244 e. The van der Waals surface area contributed by atoms with E-state index in [0.29, 0.717) is 19.4 Å². The Kier molecular flexibility index (Phi) is 5.96. The van der Waals surface area contributed by atoms with Crippen molar-refractivity contribution >= 4 is 12.0 Å². The van der Waals surface area contributed by atoms with Crippen molar-refractivity contribution in [1.29, 1.82) is 0 Å². The minimum atomic E-state index is -0.336. The second-order valence-corrected chi connectivity index (χ2v) is 3.76. The first-order chi connectivity index (χ1) is 8.22. The number of pyridine rings is 1. The van der Waals surface area contributed by atoms with Gasteiger partial charge in [-0.1, -0.05) is 13.0 Å². The van der Waals surface area contributed by atoms with Gasteiger partial charge in [0.15, 0.2) is 0 Å². The zero-order valence-electron chi connectivity index (χ0n) is 9.97. The molecule has 0 saturated heterocycles. The van der Waals surface area contributed by atoms with Gasteiger partial charge in [0, 0.05) is 25.0 Å². The van der Waals surface area contributed by atoms with Gasteiger partial charge in [-0.2, -0.15) is 0 Å². The Bertz CT molecular complexity index is 363. The fraction of sp³-hybridized carbons (Fsp3) is 0.385. The number of aliphatic hydroxyl groups excluding tert-OH is 1. The molecule has 0 spiro atoms. The first-order valence-corrected chi connectivity index (χ1v) is 5.76. The number of amides is 1. The van der Waals surface area contributed by atoms with E-state index in [4.69, 9.17) is 0 Å². The molecule has 0 aliphatic rings. The number of carbonyl (C=O) groups is 1. The molecule has 0 aliphatic heterocycles. The fourth-order valence-electron chi connectivity index (χ4n) is 1.27. The van der Waals surface area contributed by atoms with Crippen LogP contribution in [0, 0.1) is 0 Å². The van der Waals surface area contributed by atoms with E-state index < -0.39 is 0 Å². The van der Waals surface area contributed by atoms with Gasteiger partial charge in [-0.15, -0.1) is 0 Å². The van der Waals surface area contributed by atoms with Gasteiger partial charge in [0.25, 0.3) is 0 Å². The molecule has 0 fully saturated rings. The summed E-state index contributed by atoms with van der Waals surface area (Å²) in [5.41, 5.74) is 0.885.